The van der Waals surface area contributed by atoms with Crippen LogP contribution in [-0.2, 0) is 11.2 Å². The Morgan fingerprint density at radius 1 is 1.38 bits per heavy atom. The first-order valence-electron chi connectivity index (χ1n) is 6.60. The van der Waals surface area contributed by atoms with Crippen molar-refractivity contribution in [2.45, 2.75) is 19.4 Å². The summed E-state index contributed by atoms with van der Waals surface area (Å²) in [5.41, 5.74) is 0.792. The highest BCUT2D eigenvalue weighted by molar-refractivity contribution is 5.80. The van der Waals surface area contributed by atoms with Gasteiger partial charge in [0.25, 0.3) is 5.91 Å². The van der Waals surface area contributed by atoms with Gasteiger partial charge >= 0.3 is 0 Å². The second-order valence-electron chi connectivity index (χ2n) is 4.43. The number of rotatable bonds is 6. The number of halogens is 1. The molecule has 6 heteroatoms. The first-order valence-corrected chi connectivity index (χ1v) is 6.60. The van der Waals surface area contributed by atoms with Crippen molar-refractivity contribution in [2.75, 3.05) is 6.54 Å². The van der Waals surface area contributed by atoms with Crippen molar-refractivity contribution < 1.29 is 13.9 Å². The Bertz CT molecular complexity index is 592. The van der Waals surface area contributed by atoms with Crippen LogP contribution in [0.1, 0.15) is 12.6 Å². The highest BCUT2D eigenvalue weighted by Crippen LogP contribution is 2.16. The maximum Gasteiger partial charge on any atom is 0.260 e. The molecule has 1 amide bonds. The molecule has 0 aliphatic heterocycles. The molecular formula is C15H16FN3O2. The minimum absolute atomic E-state index is 0.0640. The number of nitrogens with one attached hydrogen (secondary N) is 1. The summed E-state index contributed by atoms with van der Waals surface area (Å²) in [5.74, 6) is -0.729. The standard InChI is InChI=1S/C15H16FN3O2/c1-11(21-14-5-3-2-4-13(14)16)15(20)19-7-6-12-10-17-8-9-18-12/h2-5,8-11H,6-7H2,1H3,(H,19,20)/t11-/m1/s1. The first-order chi connectivity index (χ1) is 10.2. The number of carbonyl (C=O) groups is 1. The molecule has 0 aliphatic carbocycles. The van der Waals surface area contributed by atoms with Crippen molar-refractivity contribution in [1.82, 2.24) is 15.3 Å². The lowest BCUT2D eigenvalue weighted by molar-refractivity contribution is -0.127. The van der Waals surface area contributed by atoms with Gasteiger partial charge in [0.2, 0.25) is 0 Å². The number of aromatic nitrogens is 2. The lowest BCUT2D eigenvalue weighted by Gasteiger charge is -2.15. The summed E-state index contributed by atoms with van der Waals surface area (Å²) >= 11 is 0. The van der Waals surface area contributed by atoms with E-state index in [4.69, 9.17) is 4.74 Å². The normalized spacial score (nSPS) is 11.7. The van der Waals surface area contributed by atoms with E-state index in [0.29, 0.717) is 13.0 Å². The minimum atomic E-state index is -0.774. The van der Waals surface area contributed by atoms with Gasteiger partial charge in [-0.2, -0.15) is 0 Å². The van der Waals surface area contributed by atoms with Crippen LogP contribution >= 0.6 is 0 Å². The fourth-order valence-electron chi connectivity index (χ4n) is 1.70. The molecule has 2 rings (SSSR count). The molecule has 1 atom stereocenters. The molecule has 0 bridgehead atoms. The molecule has 0 unspecified atom stereocenters. The van der Waals surface area contributed by atoms with E-state index >= 15 is 0 Å². The second kappa shape index (κ2) is 7.33. The molecule has 0 fully saturated rings. The van der Waals surface area contributed by atoms with Crippen LogP contribution in [0.25, 0.3) is 0 Å². The predicted octanol–water partition coefficient (Wildman–Crippen LogP) is 1.74. The first kappa shape index (κ1) is 14.9. The molecule has 110 valence electrons. The Labute approximate surface area is 122 Å². The Hall–Kier alpha value is -2.50. The largest absolute Gasteiger partial charge is 0.478 e. The number of carbonyl (C=O) groups excluding carboxylic acids is 1. The average molecular weight is 289 g/mol. The Balaban J connectivity index is 1.79. The van der Waals surface area contributed by atoms with Crippen molar-refractivity contribution in [2.24, 2.45) is 0 Å². The molecule has 1 aromatic heterocycles. The maximum atomic E-state index is 13.4. The fourth-order valence-corrected chi connectivity index (χ4v) is 1.70. The molecule has 0 saturated heterocycles. The zero-order valence-corrected chi connectivity index (χ0v) is 11.6. The van der Waals surface area contributed by atoms with Crippen molar-refractivity contribution in [3.05, 3.63) is 54.4 Å². The van der Waals surface area contributed by atoms with Crippen LogP contribution in [0, 0.1) is 5.82 Å². The third-order valence-corrected chi connectivity index (χ3v) is 2.81. The third-order valence-electron chi connectivity index (χ3n) is 2.81. The van der Waals surface area contributed by atoms with Crippen molar-refractivity contribution in [3.8, 4) is 5.75 Å². The quantitative estimate of drug-likeness (QED) is 0.880. The smallest absolute Gasteiger partial charge is 0.260 e. The van der Waals surface area contributed by atoms with Crippen molar-refractivity contribution in [1.29, 1.82) is 0 Å². The highest BCUT2D eigenvalue weighted by atomic mass is 19.1. The number of ether oxygens (including phenoxy) is 1. The molecule has 0 aliphatic rings. The van der Waals surface area contributed by atoms with E-state index in [9.17, 15) is 9.18 Å². The molecule has 1 aromatic carbocycles. The summed E-state index contributed by atoms with van der Waals surface area (Å²) in [6.45, 7) is 1.99. The highest BCUT2D eigenvalue weighted by Gasteiger charge is 2.15. The van der Waals surface area contributed by atoms with Crippen LogP contribution in [0.15, 0.2) is 42.9 Å². The third kappa shape index (κ3) is 4.52. The molecule has 2 aromatic rings. The van der Waals surface area contributed by atoms with Crippen LogP contribution in [0.3, 0.4) is 0 Å². The van der Waals surface area contributed by atoms with Gasteiger partial charge in [-0.1, -0.05) is 12.1 Å². The van der Waals surface area contributed by atoms with Gasteiger partial charge in [-0.15, -0.1) is 0 Å². The summed E-state index contributed by atoms with van der Waals surface area (Å²) in [6.07, 6.45) is 4.63. The van der Waals surface area contributed by atoms with E-state index in [1.54, 1.807) is 37.6 Å². The van der Waals surface area contributed by atoms with Gasteiger partial charge < -0.3 is 10.1 Å². The Morgan fingerprint density at radius 2 is 2.19 bits per heavy atom. The van der Waals surface area contributed by atoms with Gasteiger partial charge in [0.15, 0.2) is 17.7 Å². The van der Waals surface area contributed by atoms with Gasteiger partial charge in [-0.3, -0.25) is 14.8 Å². The average Bonchev–Trinajstić information content (AvgIpc) is 2.50. The maximum absolute atomic E-state index is 13.4. The van der Waals surface area contributed by atoms with Gasteiger partial charge in [-0.05, 0) is 19.1 Å². The van der Waals surface area contributed by atoms with E-state index in [-0.39, 0.29) is 11.7 Å². The van der Waals surface area contributed by atoms with Crippen LogP contribution in [-0.4, -0.2) is 28.5 Å². The van der Waals surface area contributed by atoms with Gasteiger partial charge in [0, 0.05) is 31.6 Å². The summed E-state index contributed by atoms with van der Waals surface area (Å²) in [5, 5.41) is 2.72. The number of benzene rings is 1. The van der Waals surface area contributed by atoms with E-state index in [1.165, 1.54) is 12.1 Å². The molecule has 0 spiro atoms. The minimum Gasteiger partial charge on any atom is -0.478 e. The van der Waals surface area contributed by atoms with Crippen LogP contribution in [0.2, 0.25) is 0 Å². The number of nitrogens with zero attached hydrogens (tertiary/aromatic N) is 2. The van der Waals surface area contributed by atoms with Gasteiger partial charge in [-0.25, -0.2) is 4.39 Å². The Morgan fingerprint density at radius 3 is 2.90 bits per heavy atom. The number of hydrogen-bond acceptors (Lipinski definition) is 4. The molecule has 1 N–H and O–H groups in total. The van der Waals surface area contributed by atoms with Gasteiger partial charge in [0.05, 0.1) is 5.69 Å². The lowest BCUT2D eigenvalue weighted by Crippen LogP contribution is -2.37. The van der Waals surface area contributed by atoms with E-state index in [2.05, 4.69) is 15.3 Å². The molecule has 5 nitrogen and oxygen atoms in total. The molecule has 21 heavy (non-hydrogen) atoms. The zero-order chi connectivity index (χ0) is 15.1. The second-order valence-corrected chi connectivity index (χ2v) is 4.43. The van der Waals surface area contributed by atoms with E-state index in [0.717, 1.165) is 5.69 Å². The predicted molar refractivity (Wildman–Crippen MR) is 75.2 cm³/mol. The van der Waals surface area contributed by atoms with Crippen LogP contribution in [0.4, 0.5) is 4.39 Å². The summed E-state index contributed by atoms with van der Waals surface area (Å²) in [6, 6.07) is 5.98. The monoisotopic (exact) mass is 289 g/mol. The topological polar surface area (TPSA) is 64.1 Å². The SMILES string of the molecule is C[C@@H](Oc1ccccc1F)C(=O)NCCc1cnccn1. The number of hydrogen-bond donors (Lipinski definition) is 1. The zero-order valence-electron chi connectivity index (χ0n) is 11.6. The molecule has 1 heterocycles. The van der Waals surface area contributed by atoms with Gasteiger partial charge in [0.1, 0.15) is 0 Å². The fraction of sp³-hybridized carbons (Fsp3) is 0.267. The van der Waals surface area contributed by atoms with Crippen LogP contribution < -0.4 is 10.1 Å². The van der Waals surface area contributed by atoms with Crippen molar-refractivity contribution >= 4 is 5.91 Å². The molecular weight excluding hydrogens is 273 g/mol. The Kier molecular flexibility index (Phi) is 5.20. The van der Waals surface area contributed by atoms with Crippen molar-refractivity contribution in [3.63, 3.8) is 0 Å². The van der Waals surface area contributed by atoms with E-state index < -0.39 is 11.9 Å². The summed E-state index contributed by atoms with van der Waals surface area (Å²) < 4.78 is 18.7. The van der Waals surface area contributed by atoms with E-state index in [1.807, 2.05) is 0 Å². The summed E-state index contributed by atoms with van der Waals surface area (Å²) in [4.78, 5) is 19.9. The summed E-state index contributed by atoms with van der Waals surface area (Å²) in [7, 11) is 0. The van der Waals surface area contributed by atoms with Crippen LogP contribution in [0.5, 0.6) is 5.75 Å². The molecule has 0 radical (unpaired) electrons. The lowest BCUT2D eigenvalue weighted by atomic mass is 10.3. The number of para-hydroxylation sites is 1. The number of amides is 1. The molecule has 0 saturated carbocycles.